The largest absolute Gasteiger partial charge is 0.341 e. The van der Waals surface area contributed by atoms with Crippen LogP contribution in [-0.4, -0.2) is 17.2 Å². The van der Waals surface area contributed by atoms with Crippen LogP contribution in [0.25, 0.3) is 6.08 Å². The van der Waals surface area contributed by atoms with Gasteiger partial charge in [-0.1, -0.05) is 36.4 Å². The Balaban J connectivity index is 2.18. The van der Waals surface area contributed by atoms with Crippen LogP contribution in [0, 0.1) is 0 Å². The molecule has 0 spiro atoms. The molecule has 1 aromatic rings. The first-order valence-electron chi connectivity index (χ1n) is 5.32. The molecule has 0 radical (unpaired) electrons. The minimum Gasteiger partial charge on any atom is -0.341 e. The Hall–Kier alpha value is -2.09. The summed E-state index contributed by atoms with van der Waals surface area (Å²) in [6, 6.07) is 7.70. The van der Waals surface area contributed by atoms with Crippen molar-refractivity contribution in [3.8, 4) is 0 Å². The zero-order valence-corrected chi connectivity index (χ0v) is 8.76. The highest BCUT2D eigenvalue weighted by atomic mass is 16.1. The van der Waals surface area contributed by atoms with E-state index in [1.165, 1.54) is 0 Å². The number of benzene rings is 1. The Morgan fingerprint density at radius 3 is 3.00 bits per heavy atom. The van der Waals surface area contributed by atoms with Crippen molar-refractivity contribution in [2.24, 2.45) is 0 Å². The summed E-state index contributed by atoms with van der Waals surface area (Å²) in [4.78, 5) is 14.3. The average molecular weight is 209 g/mol. The van der Waals surface area contributed by atoms with Gasteiger partial charge in [0.05, 0.1) is 5.70 Å². The molecule has 0 aromatic heterocycles. The summed E-state index contributed by atoms with van der Waals surface area (Å²) in [6.07, 6.45) is 9.81. The van der Waals surface area contributed by atoms with Crippen LogP contribution in [0.1, 0.15) is 15.9 Å². The van der Waals surface area contributed by atoms with Crippen LogP contribution in [0.3, 0.4) is 0 Å². The van der Waals surface area contributed by atoms with E-state index in [2.05, 4.69) is 0 Å². The average Bonchev–Trinajstić information content (AvgIpc) is 2.49. The van der Waals surface area contributed by atoms with Gasteiger partial charge in [0.1, 0.15) is 0 Å². The quantitative estimate of drug-likeness (QED) is 0.654. The van der Waals surface area contributed by atoms with Gasteiger partial charge in [0.15, 0.2) is 0 Å². The van der Waals surface area contributed by atoms with E-state index in [1.807, 2.05) is 59.7 Å². The summed E-state index contributed by atoms with van der Waals surface area (Å²) >= 11 is 0. The predicted molar refractivity (Wildman–Crippen MR) is 63.7 cm³/mol. The number of ketones is 1. The molecule has 0 bridgehead atoms. The molecule has 16 heavy (non-hydrogen) atoms. The van der Waals surface area contributed by atoms with E-state index in [4.69, 9.17) is 0 Å². The lowest BCUT2D eigenvalue weighted by atomic mass is 10.0. The van der Waals surface area contributed by atoms with Crippen molar-refractivity contribution in [1.29, 1.82) is 0 Å². The SMILES string of the molecule is O=C1C2=CC=CCN2C=Cc2ccccc21. The van der Waals surface area contributed by atoms with Gasteiger partial charge in [-0.15, -0.1) is 0 Å². The third-order valence-corrected chi connectivity index (χ3v) is 2.87. The number of carbonyl (C=O) groups excluding carboxylic acids is 1. The summed E-state index contributed by atoms with van der Waals surface area (Å²) in [6.45, 7) is 0.766. The number of Topliss-reactive ketones (excluding diaryl/α,β-unsaturated/α-hetero) is 1. The van der Waals surface area contributed by atoms with E-state index in [1.54, 1.807) is 0 Å². The lowest BCUT2D eigenvalue weighted by Gasteiger charge is -2.21. The summed E-state index contributed by atoms with van der Waals surface area (Å²) in [7, 11) is 0. The van der Waals surface area contributed by atoms with Crippen LogP contribution < -0.4 is 0 Å². The topological polar surface area (TPSA) is 20.3 Å². The monoisotopic (exact) mass is 209 g/mol. The zero-order valence-electron chi connectivity index (χ0n) is 8.76. The van der Waals surface area contributed by atoms with Gasteiger partial charge in [0.25, 0.3) is 0 Å². The molecular weight excluding hydrogens is 198 g/mol. The Kier molecular flexibility index (Phi) is 2.00. The van der Waals surface area contributed by atoms with Gasteiger partial charge in [-0.2, -0.15) is 0 Å². The van der Waals surface area contributed by atoms with E-state index >= 15 is 0 Å². The Morgan fingerprint density at radius 1 is 1.19 bits per heavy atom. The molecule has 0 amide bonds. The third-order valence-electron chi connectivity index (χ3n) is 2.87. The van der Waals surface area contributed by atoms with Gasteiger partial charge in [-0.25, -0.2) is 0 Å². The van der Waals surface area contributed by atoms with Crippen LogP contribution in [0.5, 0.6) is 0 Å². The Bertz CT molecular complexity index is 537. The summed E-state index contributed by atoms with van der Waals surface area (Å²) in [5, 5.41) is 0. The molecule has 0 aliphatic carbocycles. The second kappa shape index (κ2) is 3.49. The van der Waals surface area contributed by atoms with Crippen molar-refractivity contribution >= 4 is 11.9 Å². The van der Waals surface area contributed by atoms with Crippen LogP contribution >= 0.6 is 0 Å². The highest BCUT2D eigenvalue weighted by molar-refractivity contribution is 6.11. The molecule has 0 unspecified atom stereocenters. The fourth-order valence-electron chi connectivity index (χ4n) is 2.03. The number of rotatable bonds is 0. The molecule has 0 fully saturated rings. The van der Waals surface area contributed by atoms with Crippen LogP contribution in [0.4, 0.5) is 0 Å². The standard InChI is InChI=1S/C14H11NO/c16-14-12-6-2-1-5-11(12)8-10-15-9-4-3-7-13(14)15/h1-8,10H,9H2. The van der Waals surface area contributed by atoms with Crippen LogP contribution in [0.2, 0.25) is 0 Å². The Morgan fingerprint density at radius 2 is 2.06 bits per heavy atom. The predicted octanol–water partition coefficient (Wildman–Crippen LogP) is 2.61. The fraction of sp³-hybridized carbons (Fsp3) is 0.0714. The number of hydrogen-bond acceptors (Lipinski definition) is 2. The molecule has 2 heteroatoms. The van der Waals surface area contributed by atoms with Gasteiger partial charge in [-0.05, 0) is 17.7 Å². The fourth-order valence-corrected chi connectivity index (χ4v) is 2.03. The first kappa shape index (κ1) is 9.16. The molecule has 2 aliphatic rings. The van der Waals surface area contributed by atoms with Crippen LogP contribution in [-0.2, 0) is 0 Å². The first-order chi connectivity index (χ1) is 7.86. The lowest BCUT2D eigenvalue weighted by Crippen LogP contribution is -2.23. The number of allylic oxidation sites excluding steroid dienone is 3. The molecule has 3 rings (SSSR count). The van der Waals surface area contributed by atoms with E-state index in [0.717, 1.165) is 23.4 Å². The maximum Gasteiger partial charge on any atom is 0.209 e. The van der Waals surface area contributed by atoms with Gasteiger partial charge in [0.2, 0.25) is 5.78 Å². The molecule has 1 aromatic carbocycles. The number of carbonyl (C=O) groups is 1. The molecule has 0 atom stereocenters. The van der Waals surface area contributed by atoms with Crippen molar-refractivity contribution in [2.75, 3.05) is 6.54 Å². The van der Waals surface area contributed by atoms with Crippen molar-refractivity contribution in [2.45, 2.75) is 0 Å². The molecule has 0 saturated carbocycles. The minimum absolute atomic E-state index is 0.102. The molecule has 0 N–H and O–H groups in total. The van der Waals surface area contributed by atoms with Gasteiger partial charge in [0, 0.05) is 18.3 Å². The van der Waals surface area contributed by atoms with Crippen molar-refractivity contribution in [1.82, 2.24) is 4.90 Å². The smallest absolute Gasteiger partial charge is 0.209 e. The molecule has 2 heterocycles. The van der Waals surface area contributed by atoms with Crippen molar-refractivity contribution in [3.63, 3.8) is 0 Å². The second-order valence-corrected chi connectivity index (χ2v) is 3.86. The van der Waals surface area contributed by atoms with Crippen LogP contribution in [0.15, 0.2) is 54.4 Å². The van der Waals surface area contributed by atoms with Gasteiger partial charge in [-0.3, -0.25) is 4.79 Å². The molecule has 0 saturated heterocycles. The Labute approximate surface area is 94.2 Å². The summed E-state index contributed by atoms with van der Waals surface area (Å²) in [5.74, 6) is 0.102. The number of nitrogens with zero attached hydrogens (tertiary/aromatic N) is 1. The van der Waals surface area contributed by atoms with Gasteiger partial charge >= 0.3 is 0 Å². The highest BCUT2D eigenvalue weighted by Gasteiger charge is 2.22. The second-order valence-electron chi connectivity index (χ2n) is 3.86. The minimum atomic E-state index is 0.102. The maximum absolute atomic E-state index is 12.3. The normalized spacial score (nSPS) is 17.6. The van der Waals surface area contributed by atoms with E-state index < -0.39 is 0 Å². The van der Waals surface area contributed by atoms with Gasteiger partial charge < -0.3 is 4.90 Å². The first-order valence-corrected chi connectivity index (χ1v) is 5.32. The molecule has 2 nitrogen and oxygen atoms in total. The van der Waals surface area contributed by atoms with E-state index in [0.29, 0.717) is 0 Å². The summed E-state index contributed by atoms with van der Waals surface area (Å²) in [5.41, 5.74) is 2.52. The van der Waals surface area contributed by atoms with Crippen molar-refractivity contribution < 1.29 is 4.79 Å². The summed E-state index contributed by atoms with van der Waals surface area (Å²) < 4.78 is 0. The van der Waals surface area contributed by atoms with E-state index in [9.17, 15) is 4.79 Å². The molecule has 78 valence electrons. The van der Waals surface area contributed by atoms with E-state index in [-0.39, 0.29) is 5.78 Å². The highest BCUT2D eigenvalue weighted by Crippen LogP contribution is 2.24. The lowest BCUT2D eigenvalue weighted by molar-refractivity contribution is 0.101. The zero-order chi connectivity index (χ0) is 11.0. The number of hydrogen-bond donors (Lipinski definition) is 0. The third kappa shape index (κ3) is 1.31. The molecule has 2 aliphatic heterocycles. The maximum atomic E-state index is 12.3. The molecular formula is C14H11NO. The number of fused-ring (bicyclic) bond motifs is 2. The van der Waals surface area contributed by atoms with Crippen molar-refractivity contribution in [3.05, 3.63) is 65.5 Å².